The molecule has 3 heterocycles. The predicted molar refractivity (Wildman–Crippen MR) is 100 cm³/mol. The molecule has 0 radical (unpaired) electrons. The Labute approximate surface area is 155 Å². The molecule has 0 aliphatic carbocycles. The van der Waals surface area contributed by atoms with Crippen LogP contribution in [-0.2, 0) is 4.79 Å². The Kier molecular flexibility index (Phi) is 4.57. The Bertz CT molecular complexity index is 921. The SMILES string of the molecule is CCSc1nnc(NC(=O)C2CN(c3nc4c(F)cccc4s3)C2)s1. The van der Waals surface area contributed by atoms with Gasteiger partial charge < -0.3 is 10.2 Å². The van der Waals surface area contributed by atoms with Crippen LogP contribution in [-0.4, -0.2) is 39.9 Å². The van der Waals surface area contributed by atoms with Crippen molar-refractivity contribution < 1.29 is 9.18 Å². The number of carbonyl (C=O) groups excluding carboxylic acids is 1. The standard InChI is InChI=1S/C15H14FN5OS3/c1-2-23-15-20-19-13(25-15)18-12(22)8-6-21(7-8)14-17-11-9(16)4-3-5-10(11)24-14/h3-5,8H,2,6-7H2,1H3,(H,18,19,22). The molecule has 1 aliphatic heterocycles. The smallest absolute Gasteiger partial charge is 0.232 e. The van der Waals surface area contributed by atoms with Crippen molar-refractivity contribution in [3.8, 4) is 0 Å². The highest BCUT2D eigenvalue weighted by molar-refractivity contribution is 8.01. The van der Waals surface area contributed by atoms with Crippen LogP contribution in [0.5, 0.6) is 0 Å². The van der Waals surface area contributed by atoms with E-state index in [2.05, 4.69) is 20.5 Å². The molecule has 1 amide bonds. The van der Waals surface area contributed by atoms with E-state index in [0.29, 0.717) is 23.7 Å². The summed E-state index contributed by atoms with van der Waals surface area (Å²) in [7, 11) is 0. The minimum Gasteiger partial charge on any atom is -0.346 e. The van der Waals surface area contributed by atoms with Crippen molar-refractivity contribution in [1.29, 1.82) is 0 Å². The number of para-hydroxylation sites is 1. The zero-order valence-electron chi connectivity index (χ0n) is 13.2. The first-order valence-corrected chi connectivity index (χ1v) is 10.3. The van der Waals surface area contributed by atoms with Crippen LogP contribution in [0.2, 0.25) is 0 Å². The lowest BCUT2D eigenvalue weighted by Crippen LogP contribution is -2.52. The first-order chi connectivity index (χ1) is 12.1. The highest BCUT2D eigenvalue weighted by Crippen LogP contribution is 2.34. The molecule has 25 heavy (non-hydrogen) atoms. The maximum absolute atomic E-state index is 13.7. The molecule has 3 aromatic rings. The zero-order valence-corrected chi connectivity index (χ0v) is 15.7. The van der Waals surface area contributed by atoms with Gasteiger partial charge in [0.25, 0.3) is 0 Å². The van der Waals surface area contributed by atoms with Gasteiger partial charge in [-0.25, -0.2) is 9.37 Å². The summed E-state index contributed by atoms with van der Waals surface area (Å²) in [5.74, 6) is 0.422. The van der Waals surface area contributed by atoms with Gasteiger partial charge in [-0.15, -0.1) is 10.2 Å². The number of thiazole rings is 1. The minimum atomic E-state index is -0.313. The lowest BCUT2D eigenvalue weighted by molar-refractivity contribution is -0.120. The second-order valence-corrected chi connectivity index (χ2v) is 8.98. The van der Waals surface area contributed by atoms with Gasteiger partial charge in [-0.05, 0) is 17.9 Å². The predicted octanol–water partition coefficient (Wildman–Crippen LogP) is 3.47. The number of thioether (sulfide) groups is 1. The van der Waals surface area contributed by atoms with Crippen LogP contribution < -0.4 is 10.2 Å². The molecule has 0 saturated carbocycles. The number of aromatic nitrogens is 3. The van der Waals surface area contributed by atoms with Crippen LogP contribution in [0.3, 0.4) is 0 Å². The Balaban J connectivity index is 1.37. The van der Waals surface area contributed by atoms with E-state index in [1.807, 2.05) is 17.9 Å². The van der Waals surface area contributed by atoms with Crippen LogP contribution in [0.4, 0.5) is 14.7 Å². The monoisotopic (exact) mass is 395 g/mol. The fourth-order valence-electron chi connectivity index (χ4n) is 2.49. The molecule has 0 unspecified atom stereocenters. The van der Waals surface area contributed by atoms with Crippen LogP contribution in [0.1, 0.15) is 6.92 Å². The van der Waals surface area contributed by atoms with E-state index >= 15 is 0 Å². The van der Waals surface area contributed by atoms with E-state index in [0.717, 1.165) is 19.9 Å². The van der Waals surface area contributed by atoms with Gasteiger partial charge in [0.15, 0.2) is 9.47 Å². The van der Waals surface area contributed by atoms with Gasteiger partial charge in [0.1, 0.15) is 11.3 Å². The van der Waals surface area contributed by atoms with Gasteiger partial charge in [0, 0.05) is 13.1 Å². The number of carbonyl (C=O) groups is 1. The quantitative estimate of drug-likeness (QED) is 0.527. The van der Waals surface area contributed by atoms with Crippen LogP contribution in [0, 0.1) is 11.7 Å². The largest absolute Gasteiger partial charge is 0.346 e. The molecule has 0 atom stereocenters. The number of benzene rings is 1. The number of rotatable bonds is 5. The molecule has 0 spiro atoms. The Hall–Kier alpha value is -1.78. The molecule has 10 heteroatoms. The summed E-state index contributed by atoms with van der Waals surface area (Å²) >= 11 is 4.42. The Morgan fingerprint density at radius 1 is 1.40 bits per heavy atom. The second kappa shape index (κ2) is 6.85. The lowest BCUT2D eigenvalue weighted by Gasteiger charge is -2.37. The molecule has 1 N–H and O–H groups in total. The van der Waals surface area contributed by atoms with E-state index in [1.165, 1.54) is 28.7 Å². The second-order valence-electron chi connectivity index (χ2n) is 5.48. The first kappa shape index (κ1) is 16.7. The van der Waals surface area contributed by atoms with Crippen LogP contribution >= 0.6 is 34.4 Å². The van der Waals surface area contributed by atoms with Crippen molar-refractivity contribution in [2.24, 2.45) is 5.92 Å². The summed E-state index contributed by atoms with van der Waals surface area (Å²) in [6, 6.07) is 4.94. The van der Waals surface area contributed by atoms with E-state index in [-0.39, 0.29) is 17.6 Å². The number of halogens is 1. The van der Waals surface area contributed by atoms with Gasteiger partial charge >= 0.3 is 0 Å². The third kappa shape index (κ3) is 3.33. The normalized spacial score (nSPS) is 14.7. The summed E-state index contributed by atoms with van der Waals surface area (Å²) in [6.45, 7) is 3.19. The lowest BCUT2D eigenvalue weighted by atomic mass is 10.0. The summed E-state index contributed by atoms with van der Waals surface area (Å²) in [4.78, 5) is 18.6. The minimum absolute atomic E-state index is 0.0623. The maximum Gasteiger partial charge on any atom is 0.232 e. The van der Waals surface area contributed by atoms with Gasteiger partial charge in [0.05, 0.1) is 10.6 Å². The van der Waals surface area contributed by atoms with E-state index in [4.69, 9.17) is 0 Å². The number of anilines is 2. The third-order valence-corrected chi connectivity index (χ3v) is 6.72. The zero-order chi connectivity index (χ0) is 17.4. The topological polar surface area (TPSA) is 71.0 Å². The molecule has 2 aromatic heterocycles. The fourth-order valence-corrected chi connectivity index (χ4v) is 5.14. The average Bonchev–Trinajstić information content (AvgIpc) is 3.14. The number of nitrogens with one attached hydrogen (secondary N) is 1. The van der Waals surface area contributed by atoms with Gasteiger partial charge in [-0.1, -0.05) is 47.4 Å². The van der Waals surface area contributed by atoms with Gasteiger partial charge in [-0.2, -0.15) is 0 Å². The van der Waals surface area contributed by atoms with Crippen LogP contribution in [0.15, 0.2) is 22.5 Å². The Morgan fingerprint density at radius 3 is 3.00 bits per heavy atom. The van der Waals surface area contributed by atoms with Crippen molar-refractivity contribution in [2.45, 2.75) is 11.3 Å². The van der Waals surface area contributed by atoms with Crippen molar-refractivity contribution >= 4 is 60.8 Å². The maximum atomic E-state index is 13.7. The van der Waals surface area contributed by atoms with Gasteiger partial charge in [0.2, 0.25) is 11.0 Å². The highest BCUT2D eigenvalue weighted by atomic mass is 32.2. The number of amides is 1. The molecule has 4 rings (SSSR count). The number of nitrogens with zero attached hydrogens (tertiary/aromatic N) is 4. The molecule has 6 nitrogen and oxygen atoms in total. The van der Waals surface area contributed by atoms with Crippen molar-refractivity contribution in [3.05, 3.63) is 24.0 Å². The van der Waals surface area contributed by atoms with E-state index < -0.39 is 0 Å². The van der Waals surface area contributed by atoms with Crippen molar-refractivity contribution in [2.75, 3.05) is 29.1 Å². The molecule has 1 aromatic carbocycles. The molecule has 130 valence electrons. The van der Waals surface area contributed by atoms with Gasteiger partial charge in [-0.3, -0.25) is 4.79 Å². The summed E-state index contributed by atoms with van der Waals surface area (Å²) in [5, 5.41) is 12.1. The van der Waals surface area contributed by atoms with Crippen molar-refractivity contribution in [1.82, 2.24) is 15.2 Å². The van der Waals surface area contributed by atoms with E-state index in [9.17, 15) is 9.18 Å². The molecular formula is C15H14FN5OS3. The number of hydrogen-bond acceptors (Lipinski definition) is 8. The fraction of sp³-hybridized carbons (Fsp3) is 0.333. The molecular weight excluding hydrogens is 381 g/mol. The average molecular weight is 396 g/mol. The van der Waals surface area contributed by atoms with E-state index in [1.54, 1.807) is 17.8 Å². The number of hydrogen-bond donors (Lipinski definition) is 1. The van der Waals surface area contributed by atoms with Crippen LogP contribution in [0.25, 0.3) is 10.2 Å². The molecule has 0 bridgehead atoms. The third-order valence-electron chi connectivity index (χ3n) is 3.79. The highest BCUT2D eigenvalue weighted by Gasteiger charge is 2.35. The summed E-state index contributed by atoms with van der Waals surface area (Å²) < 4.78 is 15.4. The molecule has 1 fully saturated rings. The summed E-state index contributed by atoms with van der Waals surface area (Å²) in [6.07, 6.45) is 0. The number of fused-ring (bicyclic) bond motifs is 1. The molecule has 1 aliphatic rings. The Morgan fingerprint density at radius 2 is 2.24 bits per heavy atom. The molecule has 1 saturated heterocycles. The summed E-state index contributed by atoms with van der Waals surface area (Å²) in [5.41, 5.74) is 0.394. The first-order valence-electron chi connectivity index (χ1n) is 7.71. The van der Waals surface area contributed by atoms with Crippen molar-refractivity contribution in [3.63, 3.8) is 0 Å².